The van der Waals surface area contributed by atoms with Gasteiger partial charge in [-0.15, -0.1) is 22.0 Å². The summed E-state index contributed by atoms with van der Waals surface area (Å²) in [5.41, 5.74) is 1.88. The van der Waals surface area contributed by atoms with Crippen molar-refractivity contribution in [3.63, 3.8) is 0 Å². The molecule has 0 unspecified atom stereocenters. The summed E-state index contributed by atoms with van der Waals surface area (Å²) in [4.78, 5) is 0. The maximum absolute atomic E-state index is 8.84. The first kappa shape index (κ1) is 16.6. The van der Waals surface area contributed by atoms with Gasteiger partial charge < -0.3 is 4.42 Å². The van der Waals surface area contributed by atoms with Crippen molar-refractivity contribution in [2.75, 3.05) is 0 Å². The molecule has 22 heavy (non-hydrogen) atoms. The number of nitrogens with zero attached hydrogens (tertiary/aromatic N) is 3. The van der Waals surface area contributed by atoms with Crippen LogP contribution >= 0.6 is 11.8 Å². The van der Waals surface area contributed by atoms with E-state index in [9.17, 15) is 0 Å². The van der Waals surface area contributed by atoms with Gasteiger partial charge >= 0.3 is 0 Å². The summed E-state index contributed by atoms with van der Waals surface area (Å²) in [5, 5.41) is 17.6. The lowest BCUT2D eigenvalue weighted by molar-refractivity contribution is 0.426. The molecular formula is C17H21N3OS. The molecule has 0 amide bonds. The molecular weight excluding hydrogens is 294 g/mol. The SMILES string of the molecule is CC(C)Cc1nnc([C@@H](C)S[C@@H](C)c2ccc(C#N)cc2)o1. The Hall–Kier alpha value is -1.80. The second kappa shape index (κ2) is 7.46. The Bertz CT molecular complexity index is 643. The zero-order valence-corrected chi connectivity index (χ0v) is 14.2. The van der Waals surface area contributed by atoms with Gasteiger partial charge in [-0.1, -0.05) is 26.0 Å². The number of thioether (sulfide) groups is 1. The van der Waals surface area contributed by atoms with Crippen LogP contribution in [0.3, 0.4) is 0 Å². The molecule has 0 N–H and O–H groups in total. The van der Waals surface area contributed by atoms with Gasteiger partial charge in [-0.3, -0.25) is 0 Å². The predicted octanol–water partition coefficient (Wildman–Crippen LogP) is 4.70. The lowest BCUT2D eigenvalue weighted by Crippen LogP contribution is -1.95. The average Bonchev–Trinajstić information content (AvgIpc) is 2.95. The molecule has 2 rings (SSSR count). The van der Waals surface area contributed by atoms with E-state index in [1.807, 2.05) is 24.3 Å². The molecule has 0 bridgehead atoms. The highest BCUT2D eigenvalue weighted by atomic mass is 32.2. The zero-order valence-electron chi connectivity index (χ0n) is 13.4. The standard InChI is InChI=1S/C17H21N3OS/c1-11(2)9-16-19-20-17(21-16)13(4)22-12(3)15-7-5-14(10-18)6-8-15/h5-8,11-13H,9H2,1-4H3/t12-,13+/m0/s1. The molecule has 4 nitrogen and oxygen atoms in total. The van der Waals surface area contributed by atoms with Crippen molar-refractivity contribution in [1.82, 2.24) is 10.2 Å². The van der Waals surface area contributed by atoms with Crippen molar-refractivity contribution in [3.05, 3.63) is 47.2 Å². The first-order valence-electron chi connectivity index (χ1n) is 7.47. The smallest absolute Gasteiger partial charge is 0.229 e. The summed E-state index contributed by atoms with van der Waals surface area (Å²) in [6.45, 7) is 8.50. The van der Waals surface area contributed by atoms with E-state index in [0.717, 1.165) is 6.42 Å². The molecule has 2 atom stereocenters. The van der Waals surface area contributed by atoms with Crippen molar-refractivity contribution >= 4 is 11.8 Å². The van der Waals surface area contributed by atoms with E-state index in [0.29, 0.717) is 28.5 Å². The Labute approximate surface area is 135 Å². The third kappa shape index (κ3) is 4.35. The summed E-state index contributed by atoms with van der Waals surface area (Å²) in [6, 6.07) is 9.84. The minimum atomic E-state index is 0.138. The molecule has 0 saturated carbocycles. The highest BCUT2D eigenvalue weighted by Gasteiger charge is 2.18. The molecule has 116 valence electrons. The van der Waals surface area contributed by atoms with E-state index < -0.39 is 0 Å². The molecule has 0 spiro atoms. The van der Waals surface area contributed by atoms with Crippen LogP contribution in [0.1, 0.15) is 61.1 Å². The molecule has 1 heterocycles. The quantitative estimate of drug-likeness (QED) is 0.773. The molecule has 0 aliphatic carbocycles. The first-order chi connectivity index (χ1) is 10.5. The second-order valence-electron chi connectivity index (χ2n) is 5.79. The summed E-state index contributed by atoms with van der Waals surface area (Å²) in [6.07, 6.45) is 0.815. The Balaban J connectivity index is 1.99. The zero-order chi connectivity index (χ0) is 16.1. The van der Waals surface area contributed by atoms with Gasteiger partial charge in [0.15, 0.2) is 0 Å². The Kier molecular flexibility index (Phi) is 5.62. The molecule has 0 saturated heterocycles. The van der Waals surface area contributed by atoms with Gasteiger partial charge in [0.1, 0.15) is 0 Å². The van der Waals surface area contributed by atoms with Gasteiger partial charge in [0, 0.05) is 11.7 Å². The van der Waals surface area contributed by atoms with Gasteiger partial charge in [0.2, 0.25) is 11.8 Å². The number of nitriles is 1. The minimum Gasteiger partial charge on any atom is -0.424 e. The summed E-state index contributed by atoms with van der Waals surface area (Å²) >= 11 is 1.77. The molecule has 0 aliphatic rings. The largest absolute Gasteiger partial charge is 0.424 e. The van der Waals surface area contributed by atoms with Crippen LogP contribution in [0, 0.1) is 17.2 Å². The van der Waals surface area contributed by atoms with Gasteiger partial charge in [-0.2, -0.15) is 5.26 Å². The second-order valence-corrected chi connectivity index (χ2v) is 7.47. The van der Waals surface area contributed by atoms with Crippen LogP contribution in [-0.4, -0.2) is 10.2 Å². The first-order valence-corrected chi connectivity index (χ1v) is 8.41. The van der Waals surface area contributed by atoms with Gasteiger partial charge in [-0.25, -0.2) is 0 Å². The van der Waals surface area contributed by atoms with Gasteiger partial charge in [0.05, 0.1) is 16.9 Å². The molecule has 0 fully saturated rings. The molecule has 1 aromatic carbocycles. The van der Waals surface area contributed by atoms with Crippen LogP contribution in [-0.2, 0) is 6.42 Å². The topological polar surface area (TPSA) is 62.7 Å². The highest BCUT2D eigenvalue weighted by molar-refractivity contribution is 7.99. The number of aromatic nitrogens is 2. The van der Waals surface area contributed by atoms with E-state index in [4.69, 9.17) is 9.68 Å². The number of hydrogen-bond donors (Lipinski definition) is 0. The van der Waals surface area contributed by atoms with Crippen LogP contribution in [0.5, 0.6) is 0 Å². The molecule has 1 aromatic heterocycles. The predicted molar refractivity (Wildman–Crippen MR) is 88.4 cm³/mol. The van der Waals surface area contributed by atoms with E-state index >= 15 is 0 Å². The fraction of sp³-hybridized carbons (Fsp3) is 0.471. The third-order valence-electron chi connectivity index (χ3n) is 3.33. The maximum atomic E-state index is 8.84. The van der Waals surface area contributed by atoms with Crippen molar-refractivity contribution in [2.24, 2.45) is 5.92 Å². The summed E-state index contributed by atoms with van der Waals surface area (Å²) in [7, 11) is 0. The number of rotatable bonds is 6. The molecule has 2 aromatic rings. The molecule has 5 heteroatoms. The van der Waals surface area contributed by atoms with Gasteiger partial charge in [-0.05, 0) is 37.5 Å². The monoisotopic (exact) mass is 315 g/mol. The number of benzene rings is 1. The van der Waals surface area contributed by atoms with E-state index in [1.165, 1.54) is 5.56 Å². The lowest BCUT2D eigenvalue weighted by atomic mass is 10.1. The Morgan fingerprint density at radius 2 is 1.77 bits per heavy atom. The maximum Gasteiger partial charge on any atom is 0.229 e. The fourth-order valence-electron chi connectivity index (χ4n) is 2.13. The minimum absolute atomic E-state index is 0.138. The van der Waals surface area contributed by atoms with E-state index in [2.05, 4.69) is 44.0 Å². The van der Waals surface area contributed by atoms with Crippen LogP contribution in [0.4, 0.5) is 0 Å². The van der Waals surface area contributed by atoms with Crippen molar-refractivity contribution in [3.8, 4) is 6.07 Å². The Morgan fingerprint density at radius 3 is 2.36 bits per heavy atom. The van der Waals surface area contributed by atoms with Crippen molar-refractivity contribution in [1.29, 1.82) is 5.26 Å². The lowest BCUT2D eigenvalue weighted by Gasteiger charge is -2.15. The fourth-order valence-corrected chi connectivity index (χ4v) is 3.27. The van der Waals surface area contributed by atoms with Crippen molar-refractivity contribution < 1.29 is 4.42 Å². The van der Waals surface area contributed by atoms with Crippen LogP contribution in [0.2, 0.25) is 0 Å². The van der Waals surface area contributed by atoms with Crippen molar-refractivity contribution in [2.45, 2.75) is 44.6 Å². The summed E-state index contributed by atoms with van der Waals surface area (Å²) in [5.74, 6) is 1.90. The Morgan fingerprint density at radius 1 is 1.09 bits per heavy atom. The number of hydrogen-bond acceptors (Lipinski definition) is 5. The van der Waals surface area contributed by atoms with Crippen LogP contribution in [0.25, 0.3) is 0 Å². The van der Waals surface area contributed by atoms with E-state index in [1.54, 1.807) is 11.8 Å². The average molecular weight is 315 g/mol. The van der Waals surface area contributed by atoms with Gasteiger partial charge in [0.25, 0.3) is 0 Å². The molecule has 0 radical (unpaired) electrons. The normalized spacial score (nSPS) is 13.8. The highest BCUT2D eigenvalue weighted by Crippen LogP contribution is 2.39. The van der Waals surface area contributed by atoms with Crippen LogP contribution < -0.4 is 0 Å². The van der Waals surface area contributed by atoms with E-state index in [-0.39, 0.29) is 5.25 Å². The summed E-state index contributed by atoms with van der Waals surface area (Å²) < 4.78 is 5.74. The molecule has 0 aliphatic heterocycles. The third-order valence-corrected chi connectivity index (χ3v) is 4.62. The van der Waals surface area contributed by atoms with Crippen LogP contribution in [0.15, 0.2) is 28.7 Å².